The summed E-state index contributed by atoms with van der Waals surface area (Å²) >= 11 is 0. The van der Waals surface area contributed by atoms with Crippen molar-refractivity contribution in [3.8, 4) is 6.08 Å². The third kappa shape index (κ3) is 1.62. The molecular weight excluding hydrogens is 178 g/mol. The number of oxazole rings is 1. The second kappa shape index (κ2) is 3.06. The number of carboxylic acid groups (broad SMARTS) is 1. The van der Waals surface area contributed by atoms with E-state index in [9.17, 15) is 4.79 Å². The first-order valence-corrected chi connectivity index (χ1v) is 3.69. The Labute approximate surface area is 73.1 Å². The van der Waals surface area contributed by atoms with Crippen molar-refractivity contribution in [2.45, 2.75) is 6.10 Å². The zero-order chi connectivity index (χ0) is 9.26. The number of carboxylic acids is 1. The van der Waals surface area contributed by atoms with Crippen molar-refractivity contribution in [3.63, 3.8) is 0 Å². The number of ether oxygens (including phenoxy) is 2. The Kier molecular flexibility index (Phi) is 1.90. The second-order valence-corrected chi connectivity index (χ2v) is 2.58. The summed E-state index contributed by atoms with van der Waals surface area (Å²) < 4.78 is 14.7. The van der Waals surface area contributed by atoms with Gasteiger partial charge in [0.05, 0.1) is 13.2 Å². The van der Waals surface area contributed by atoms with Crippen LogP contribution in [0.2, 0.25) is 0 Å². The highest BCUT2D eigenvalue weighted by Gasteiger charge is 2.23. The molecule has 0 spiro atoms. The number of rotatable bonds is 3. The molecule has 0 radical (unpaired) electrons. The molecule has 6 heteroatoms. The minimum absolute atomic E-state index is 0.0225. The summed E-state index contributed by atoms with van der Waals surface area (Å²) in [5, 5.41) is 8.50. The highest BCUT2D eigenvalue weighted by Crippen LogP contribution is 2.15. The third-order valence-corrected chi connectivity index (χ3v) is 1.58. The van der Waals surface area contributed by atoms with Crippen molar-refractivity contribution in [2.24, 2.45) is 0 Å². The average molecular weight is 185 g/mol. The van der Waals surface area contributed by atoms with Crippen molar-refractivity contribution in [3.05, 3.63) is 12.0 Å². The van der Waals surface area contributed by atoms with Crippen LogP contribution < -0.4 is 4.74 Å². The first kappa shape index (κ1) is 8.06. The van der Waals surface area contributed by atoms with Crippen molar-refractivity contribution in [1.82, 2.24) is 4.98 Å². The first-order chi connectivity index (χ1) is 6.25. The van der Waals surface area contributed by atoms with Gasteiger partial charge >= 0.3 is 12.0 Å². The van der Waals surface area contributed by atoms with E-state index in [1.807, 2.05) is 0 Å². The predicted octanol–water partition coefficient (Wildman–Crippen LogP) is 0.150. The van der Waals surface area contributed by atoms with E-state index in [0.717, 1.165) is 6.26 Å². The molecule has 0 aromatic carbocycles. The van der Waals surface area contributed by atoms with Crippen LogP contribution in [0, 0.1) is 0 Å². The van der Waals surface area contributed by atoms with Gasteiger partial charge in [0, 0.05) is 0 Å². The molecule has 13 heavy (non-hydrogen) atoms. The standard InChI is InChI=1S/C7H7NO5/c9-6(10)5-3-12-7(8-5)13-4-1-11-2-4/h3-4H,1-2H2,(H,9,10). The van der Waals surface area contributed by atoms with E-state index in [2.05, 4.69) is 4.98 Å². The van der Waals surface area contributed by atoms with Gasteiger partial charge in [-0.2, -0.15) is 4.98 Å². The SMILES string of the molecule is O=C(O)c1coc(OC2COC2)n1. The Morgan fingerprint density at radius 2 is 2.46 bits per heavy atom. The van der Waals surface area contributed by atoms with E-state index in [1.54, 1.807) is 0 Å². The Morgan fingerprint density at radius 3 is 2.92 bits per heavy atom. The van der Waals surface area contributed by atoms with Crippen LogP contribution in [0.1, 0.15) is 10.5 Å². The molecule has 2 heterocycles. The number of aromatic nitrogens is 1. The van der Waals surface area contributed by atoms with E-state index in [-0.39, 0.29) is 17.9 Å². The number of carbonyl (C=O) groups is 1. The van der Waals surface area contributed by atoms with Crippen molar-refractivity contribution < 1.29 is 23.8 Å². The monoisotopic (exact) mass is 185 g/mol. The number of hydrogen-bond donors (Lipinski definition) is 1. The fraction of sp³-hybridized carbons (Fsp3) is 0.429. The Bertz CT molecular complexity index is 316. The van der Waals surface area contributed by atoms with E-state index in [4.69, 9.17) is 19.0 Å². The Hall–Kier alpha value is -1.56. The molecule has 1 fully saturated rings. The molecule has 0 saturated carbocycles. The molecular formula is C7H7NO5. The molecule has 1 N–H and O–H groups in total. The van der Waals surface area contributed by atoms with Crippen LogP contribution in [-0.2, 0) is 4.74 Å². The molecule has 6 nitrogen and oxygen atoms in total. The molecule has 0 unspecified atom stereocenters. The topological polar surface area (TPSA) is 81.8 Å². The van der Waals surface area contributed by atoms with Gasteiger partial charge in [0.25, 0.3) is 0 Å². The van der Waals surface area contributed by atoms with Gasteiger partial charge in [-0.3, -0.25) is 0 Å². The maximum atomic E-state index is 10.4. The zero-order valence-corrected chi connectivity index (χ0v) is 6.60. The van der Waals surface area contributed by atoms with Gasteiger partial charge in [-0.15, -0.1) is 0 Å². The molecule has 70 valence electrons. The van der Waals surface area contributed by atoms with Gasteiger partial charge in [0.2, 0.25) is 0 Å². The smallest absolute Gasteiger partial charge is 0.394 e. The van der Waals surface area contributed by atoms with Crippen LogP contribution in [-0.4, -0.2) is 35.4 Å². The van der Waals surface area contributed by atoms with Gasteiger partial charge in [0.1, 0.15) is 6.26 Å². The third-order valence-electron chi connectivity index (χ3n) is 1.58. The Morgan fingerprint density at radius 1 is 1.69 bits per heavy atom. The predicted molar refractivity (Wildman–Crippen MR) is 38.7 cm³/mol. The van der Waals surface area contributed by atoms with Crippen molar-refractivity contribution >= 4 is 5.97 Å². The molecule has 0 bridgehead atoms. The van der Waals surface area contributed by atoms with Crippen LogP contribution in [0.25, 0.3) is 0 Å². The highest BCUT2D eigenvalue weighted by atomic mass is 16.6. The molecule has 0 amide bonds. The van der Waals surface area contributed by atoms with Gasteiger partial charge < -0.3 is 19.0 Å². The molecule has 1 saturated heterocycles. The van der Waals surface area contributed by atoms with Crippen LogP contribution >= 0.6 is 0 Å². The number of aromatic carboxylic acids is 1. The fourth-order valence-electron chi connectivity index (χ4n) is 0.834. The minimum atomic E-state index is -1.14. The molecule has 0 atom stereocenters. The summed E-state index contributed by atoms with van der Waals surface area (Å²) in [5.41, 5.74) is -0.157. The molecule has 1 aliphatic rings. The maximum Gasteiger partial charge on any atom is 0.394 e. The zero-order valence-electron chi connectivity index (χ0n) is 6.60. The van der Waals surface area contributed by atoms with E-state index < -0.39 is 5.97 Å². The fourth-order valence-corrected chi connectivity index (χ4v) is 0.834. The second-order valence-electron chi connectivity index (χ2n) is 2.58. The summed E-state index contributed by atoms with van der Waals surface area (Å²) in [5.74, 6) is -1.14. The normalized spacial score (nSPS) is 16.6. The lowest BCUT2D eigenvalue weighted by Crippen LogP contribution is -2.38. The van der Waals surface area contributed by atoms with Gasteiger partial charge in [-0.05, 0) is 0 Å². The molecule has 2 rings (SSSR count). The van der Waals surface area contributed by atoms with Crippen LogP contribution in [0.3, 0.4) is 0 Å². The Balaban J connectivity index is 2.00. The molecule has 1 aromatic rings. The van der Waals surface area contributed by atoms with E-state index in [1.165, 1.54) is 0 Å². The van der Waals surface area contributed by atoms with Crippen molar-refractivity contribution in [2.75, 3.05) is 13.2 Å². The summed E-state index contributed by atoms with van der Waals surface area (Å²) in [6, 6.07) is 0. The van der Waals surface area contributed by atoms with Crippen LogP contribution in [0.4, 0.5) is 0 Å². The minimum Gasteiger partial charge on any atom is -0.476 e. The largest absolute Gasteiger partial charge is 0.476 e. The molecule has 1 aromatic heterocycles. The van der Waals surface area contributed by atoms with Crippen LogP contribution in [0.5, 0.6) is 6.08 Å². The quantitative estimate of drug-likeness (QED) is 0.721. The lowest BCUT2D eigenvalue weighted by Gasteiger charge is -2.24. The lowest BCUT2D eigenvalue weighted by atomic mass is 10.3. The van der Waals surface area contributed by atoms with E-state index >= 15 is 0 Å². The van der Waals surface area contributed by atoms with Gasteiger partial charge in [-0.25, -0.2) is 4.79 Å². The van der Waals surface area contributed by atoms with Crippen molar-refractivity contribution in [1.29, 1.82) is 0 Å². The lowest BCUT2D eigenvalue weighted by molar-refractivity contribution is -0.0894. The molecule has 1 aliphatic heterocycles. The van der Waals surface area contributed by atoms with Crippen LogP contribution in [0.15, 0.2) is 10.7 Å². The van der Waals surface area contributed by atoms with E-state index in [0.29, 0.717) is 13.2 Å². The number of nitrogens with zero attached hydrogens (tertiary/aromatic N) is 1. The summed E-state index contributed by atoms with van der Waals surface area (Å²) in [4.78, 5) is 14.0. The number of hydrogen-bond acceptors (Lipinski definition) is 5. The average Bonchev–Trinajstić information content (AvgIpc) is 2.44. The molecule has 0 aliphatic carbocycles. The maximum absolute atomic E-state index is 10.4. The summed E-state index contributed by atoms with van der Waals surface area (Å²) in [6.07, 6.45) is 0.947. The summed E-state index contributed by atoms with van der Waals surface area (Å²) in [6.45, 7) is 0.982. The first-order valence-electron chi connectivity index (χ1n) is 3.69. The van der Waals surface area contributed by atoms with Gasteiger partial charge in [0.15, 0.2) is 11.8 Å². The summed E-state index contributed by atoms with van der Waals surface area (Å²) in [7, 11) is 0. The highest BCUT2D eigenvalue weighted by molar-refractivity contribution is 5.84. The van der Waals surface area contributed by atoms with Gasteiger partial charge in [-0.1, -0.05) is 0 Å².